The first kappa shape index (κ1) is 21.0. The number of rotatable bonds is 5. The summed E-state index contributed by atoms with van der Waals surface area (Å²) < 4.78 is 6.29. The SMILES string of the molecule is Cc1cc(C)n(-c2ccccc2NC(=O)c2c(C)nsc2Cc2cnc3ccccc3n2)n1. The van der Waals surface area contributed by atoms with Crippen LogP contribution in [-0.4, -0.2) is 30.0 Å². The minimum absolute atomic E-state index is 0.195. The van der Waals surface area contributed by atoms with E-state index in [1.165, 1.54) is 11.5 Å². The Kier molecular flexibility index (Phi) is 5.43. The maximum Gasteiger partial charge on any atom is 0.258 e. The Balaban J connectivity index is 1.45. The quantitative estimate of drug-likeness (QED) is 0.402. The Hall–Kier alpha value is -3.91. The Bertz CT molecular complexity index is 1490. The summed E-state index contributed by atoms with van der Waals surface area (Å²) >= 11 is 1.33. The second kappa shape index (κ2) is 8.55. The van der Waals surface area contributed by atoms with Gasteiger partial charge in [0.25, 0.3) is 5.91 Å². The zero-order valence-corrected chi connectivity index (χ0v) is 19.3. The molecule has 0 aliphatic carbocycles. The first-order valence-electron chi connectivity index (χ1n) is 10.6. The van der Waals surface area contributed by atoms with Crippen LogP contribution in [0.4, 0.5) is 5.69 Å². The molecule has 0 spiro atoms. The van der Waals surface area contributed by atoms with E-state index in [2.05, 4.69) is 19.8 Å². The standard InChI is InChI=1S/C25H22N6OS/c1-15-12-16(2)31(29-15)22-11-7-6-10-21(22)28-25(32)24-17(3)30-33-23(24)13-18-14-26-19-8-4-5-9-20(19)27-18/h4-12,14H,13H2,1-3H3,(H,28,32). The van der Waals surface area contributed by atoms with Crippen LogP contribution >= 0.6 is 11.5 Å². The number of carbonyl (C=O) groups is 1. The molecule has 0 atom stereocenters. The zero-order valence-electron chi connectivity index (χ0n) is 18.5. The number of carbonyl (C=O) groups excluding carboxylic acids is 1. The van der Waals surface area contributed by atoms with Gasteiger partial charge in [-0.25, -0.2) is 9.67 Å². The molecule has 5 rings (SSSR count). The number of benzene rings is 2. The van der Waals surface area contributed by atoms with Crippen LogP contribution in [0.1, 0.15) is 38.0 Å². The molecular weight excluding hydrogens is 432 g/mol. The third kappa shape index (κ3) is 4.12. The highest BCUT2D eigenvalue weighted by Crippen LogP contribution is 2.26. The largest absolute Gasteiger partial charge is 0.320 e. The Morgan fingerprint density at radius 1 is 1.03 bits per heavy atom. The van der Waals surface area contributed by atoms with E-state index in [9.17, 15) is 4.79 Å². The molecule has 164 valence electrons. The lowest BCUT2D eigenvalue weighted by Gasteiger charge is -2.13. The van der Waals surface area contributed by atoms with E-state index in [1.54, 1.807) is 6.20 Å². The van der Waals surface area contributed by atoms with Crippen molar-refractivity contribution in [3.8, 4) is 5.69 Å². The molecule has 0 fully saturated rings. The van der Waals surface area contributed by atoms with Gasteiger partial charge in [0.1, 0.15) is 0 Å². The predicted octanol–water partition coefficient (Wildman–Crippen LogP) is 5.04. The maximum atomic E-state index is 13.4. The van der Waals surface area contributed by atoms with Crippen molar-refractivity contribution in [3.05, 3.63) is 94.0 Å². The fraction of sp³-hybridized carbons (Fsp3) is 0.160. The molecule has 0 saturated heterocycles. The van der Waals surface area contributed by atoms with Gasteiger partial charge in [0.15, 0.2) is 0 Å². The van der Waals surface area contributed by atoms with E-state index in [1.807, 2.05) is 80.1 Å². The predicted molar refractivity (Wildman–Crippen MR) is 130 cm³/mol. The van der Waals surface area contributed by atoms with Gasteiger partial charge in [-0.2, -0.15) is 9.47 Å². The van der Waals surface area contributed by atoms with Gasteiger partial charge < -0.3 is 5.32 Å². The molecule has 7 nitrogen and oxygen atoms in total. The molecule has 8 heteroatoms. The number of hydrogen-bond donors (Lipinski definition) is 1. The van der Waals surface area contributed by atoms with Crippen LogP contribution in [-0.2, 0) is 6.42 Å². The normalized spacial score (nSPS) is 11.1. The van der Waals surface area contributed by atoms with E-state index in [-0.39, 0.29) is 5.91 Å². The lowest BCUT2D eigenvalue weighted by atomic mass is 10.1. The van der Waals surface area contributed by atoms with E-state index >= 15 is 0 Å². The molecule has 0 bridgehead atoms. The van der Waals surface area contributed by atoms with E-state index in [4.69, 9.17) is 4.98 Å². The molecule has 5 aromatic rings. The first-order valence-corrected chi connectivity index (χ1v) is 11.4. The van der Waals surface area contributed by atoms with Crippen LogP contribution in [0.15, 0.2) is 60.8 Å². The van der Waals surface area contributed by atoms with Crippen LogP contribution < -0.4 is 5.32 Å². The number of aromatic nitrogens is 5. The molecule has 1 amide bonds. The van der Waals surface area contributed by atoms with E-state index in [0.29, 0.717) is 23.4 Å². The highest BCUT2D eigenvalue weighted by atomic mass is 32.1. The number of hydrogen-bond acceptors (Lipinski definition) is 6. The van der Waals surface area contributed by atoms with Crippen molar-refractivity contribution in [2.24, 2.45) is 0 Å². The third-order valence-corrected chi connectivity index (χ3v) is 6.32. The summed E-state index contributed by atoms with van der Waals surface area (Å²) in [5.74, 6) is -0.195. The fourth-order valence-electron chi connectivity index (χ4n) is 3.90. The molecule has 33 heavy (non-hydrogen) atoms. The Labute approximate surface area is 195 Å². The molecule has 0 unspecified atom stereocenters. The van der Waals surface area contributed by atoms with Crippen LogP contribution in [0, 0.1) is 20.8 Å². The van der Waals surface area contributed by atoms with Gasteiger partial charge >= 0.3 is 0 Å². The fourth-order valence-corrected chi connectivity index (χ4v) is 4.78. The lowest BCUT2D eigenvalue weighted by molar-refractivity contribution is 0.102. The molecule has 0 aliphatic heterocycles. The van der Waals surface area contributed by atoms with Crippen LogP contribution in [0.3, 0.4) is 0 Å². The summed E-state index contributed by atoms with van der Waals surface area (Å²) in [6.45, 7) is 5.80. The summed E-state index contributed by atoms with van der Waals surface area (Å²) in [5.41, 5.74) is 7.19. The van der Waals surface area contributed by atoms with Gasteiger partial charge in [0, 0.05) is 23.2 Å². The molecule has 3 heterocycles. The minimum Gasteiger partial charge on any atom is -0.320 e. The van der Waals surface area contributed by atoms with Crippen LogP contribution in [0.25, 0.3) is 16.7 Å². The van der Waals surface area contributed by atoms with Gasteiger partial charge in [-0.1, -0.05) is 24.3 Å². The van der Waals surface area contributed by atoms with Crippen LogP contribution in [0.2, 0.25) is 0 Å². The van der Waals surface area contributed by atoms with Gasteiger partial charge in [-0.15, -0.1) is 0 Å². The number of anilines is 1. The summed E-state index contributed by atoms with van der Waals surface area (Å²) in [6, 6.07) is 17.4. The second-order valence-electron chi connectivity index (χ2n) is 7.90. The summed E-state index contributed by atoms with van der Waals surface area (Å²) in [4.78, 5) is 23.4. The monoisotopic (exact) mass is 454 g/mol. The molecule has 0 aliphatic rings. The zero-order chi connectivity index (χ0) is 22.9. The van der Waals surface area contributed by atoms with Gasteiger partial charge in [-0.05, 0) is 62.6 Å². The molecule has 0 saturated carbocycles. The molecule has 3 aromatic heterocycles. The van der Waals surface area contributed by atoms with Crippen molar-refractivity contribution in [1.29, 1.82) is 0 Å². The number of para-hydroxylation sites is 4. The summed E-state index contributed by atoms with van der Waals surface area (Å²) in [7, 11) is 0. The Morgan fingerprint density at radius 3 is 2.58 bits per heavy atom. The summed E-state index contributed by atoms with van der Waals surface area (Å²) in [5, 5.41) is 7.64. The van der Waals surface area contributed by atoms with Gasteiger partial charge in [0.05, 0.1) is 45.1 Å². The topological polar surface area (TPSA) is 85.6 Å². The highest BCUT2D eigenvalue weighted by Gasteiger charge is 2.21. The highest BCUT2D eigenvalue weighted by molar-refractivity contribution is 7.06. The molecule has 0 radical (unpaired) electrons. The average molecular weight is 455 g/mol. The average Bonchev–Trinajstić information content (AvgIpc) is 3.34. The van der Waals surface area contributed by atoms with Crippen molar-refractivity contribution >= 4 is 34.2 Å². The number of amides is 1. The number of fused-ring (bicyclic) bond motifs is 1. The van der Waals surface area contributed by atoms with E-state index in [0.717, 1.165) is 38.7 Å². The Morgan fingerprint density at radius 2 is 1.79 bits per heavy atom. The smallest absolute Gasteiger partial charge is 0.258 e. The van der Waals surface area contributed by atoms with Crippen molar-refractivity contribution in [1.82, 2.24) is 24.1 Å². The number of nitrogens with zero attached hydrogens (tertiary/aromatic N) is 5. The first-order chi connectivity index (χ1) is 16.0. The van der Waals surface area contributed by atoms with Crippen LogP contribution in [0.5, 0.6) is 0 Å². The summed E-state index contributed by atoms with van der Waals surface area (Å²) in [6.07, 6.45) is 2.25. The van der Waals surface area contributed by atoms with Gasteiger partial charge in [-0.3, -0.25) is 9.78 Å². The maximum absolute atomic E-state index is 13.4. The van der Waals surface area contributed by atoms with Crippen molar-refractivity contribution < 1.29 is 4.79 Å². The van der Waals surface area contributed by atoms with Crippen molar-refractivity contribution in [2.75, 3.05) is 5.32 Å². The lowest BCUT2D eigenvalue weighted by Crippen LogP contribution is -2.16. The van der Waals surface area contributed by atoms with Crippen molar-refractivity contribution in [3.63, 3.8) is 0 Å². The molecule has 1 N–H and O–H groups in total. The van der Waals surface area contributed by atoms with E-state index < -0.39 is 0 Å². The number of aryl methyl sites for hydroxylation is 3. The van der Waals surface area contributed by atoms with Crippen molar-refractivity contribution in [2.45, 2.75) is 27.2 Å². The second-order valence-corrected chi connectivity index (χ2v) is 8.76. The molecular formula is C25H22N6OS. The number of nitrogens with one attached hydrogen (secondary N) is 1. The third-order valence-electron chi connectivity index (χ3n) is 5.39. The molecule has 2 aromatic carbocycles. The minimum atomic E-state index is -0.195. The van der Waals surface area contributed by atoms with Gasteiger partial charge in [0.2, 0.25) is 0 Å².